The van der Waals surface area contributed by atoms with Gasteiger partial charge in [-0.05, 0) is 63.1 Å². The summed E-state index contributed by atoms with van der Waals surface area (Å²) in [6.45, 7) is 6.90. The topological polar surface area (TPSA) is 76.8 Å². The number of anilines is 4. The molecule has 2 saturated heterocycles. The van der Waals surface area contributed by atoms with Crippen molar-refractivity contribution >= 4 is 52.2 Å². The lowest BCUT2D eigenvalue weighted by Gasteiger charge is -2.26. The van der Waals surface area contributed by atoms with Crippen LogP contribution < -0.4 is 25.8 Å². The summed E-state index contributed by atoms with van der Waals surface area (Å²) >= 11 is 11.0. The Bertz CT molecular complexity index is 979. The Labute approximate surface area is 217 Å². The molecule has 8 nitrogen and oxygen atoms in total. The van der Waals surface area contributed by atoms with Gasteiger partial charge in [-0.25, -0.2) is 4.39 Å². The van der Waals surface area contributed by atoms with Crippen molar-refractivity contribution in [2.45, 2.75) is 25.7 Å². The third-order valence-electron chi connectivity index (χ3n) is 6.51. The fourth-order valence-electron chi connectivity index (χ4n) is 4.46. The van der Waals surface area contributed by atoms with Gasteiger partial charge in [0, 0.05) is 64.1 Å². The molecule has 0 radical (unpaired) electrons. The van der Waals surface area contributed by atoms with Gasteiger partial charge in [0.1, 0.15) is 17.5 Å². The number of likely N-dealkylation sites (N-methyl/N-ethyl adjacent to an activating group) is 1. The molecule has 0 saturated carbocycles. The van der Waals surface area contributed by atoms with Crippen LogP contribution in [0.3, 0.4) is 0 Å². The predicted molar refractivity (Wildman–Crippen MR) is 146 cm³/mol. The van der Waals surface area contributed by atoms with E-state index in [1.54, 1.807) is 11.0 Å². The summed E-state index contributed by atoms with van der Waals surface area (Å²) in [6, 6.07) is 6.65. The van der Waals surface area contributed by atoms with Gasteiger partial charge in [-0.2, -0.15) is 9.97 Å². The second-order valence-corrected chi connectivity index (χ2v) is 9.94. The summed E-state index contributed by atoms with van der Waals surface area (Å²) in [4.78, 5) is 18.2. The summed E-state index contributed by atoms with van der Waals surface area (Å²) < 4.78 is 13.9. The lowest BCUT2D eigenvalue weighted by Crippen LogP contribution is -2.41. The molecule has 2 aliphatic heterocycles. The van der Waals surface area contributed by atoms with E-state index in [0.29, 0.717) is 18.8 Å². The number of nitrogens with two attached hydrogens (primary N) is 1. The van der Waals surface area contributed by atoms with Gasteiger partial charge in [0.2, 0.25) is 5.95 Å². The number of hydrogen-bond donors (Lipinski definition) is 2. The second kappa shape index (κ2) is 12.0. The highest BCUT2D eigenvalue weighted by molar-refractivity contribution is 7.80. The molecule has 35 heavy (non-hydrogen) atoms. The molecule has 2 fully saturated rings. The summed E-state index contributed by atoms with van der Waals surface area (Å²) in [7, 11) is 2.03. The van der Waals surface area contributed by atoms with Crippen LogP contribution in [-0.4, -0.2) is 79.4 Å². The van der Waals surface area contributed by atoms with Crippen molar-refractivity contribution in [3.8, 4) is 0 Å². The van der Waals surface area contributed by atoms with E-state index in [0.717, 1.165) is 56.9 Å². The molecule has 2 aliphatic rings. The van der Waals surface area contributed by atoms with Crippen molar-refractivity contribution in [2.75, 3.05) is 79.4 Å². The summed E-state index contributed by atoms with van der Waals surface area (Å²) in [6.07, 6.45) is 4.80. The SMILES string of the molecule is CN(CCNc1cc(N2CCCC2)nc(N2CCCC2)n1)CCN(C(N)=S)c1ccc(Cl)c(F)c1. The van der Waals surface area contributed by atoms with Gasteiger partial charge in [0.05, 0.1) is 5.02 Å². The number of aromatic nitrogens is 2. The largest absolute Gasteiger partial charge is 0.376 e. The van der Waals surface area contributed by atoms with Gasteiger partial charge in [0.15, 0.2) is 5.11 Å². The molecule has 0 unspecified atom stereocenters. The lowest BCUT2D eigenvalue weighted by atomic mass is 10.3. The highest BCUT2D eigenvalue weighted by atomic mass is 35.5. The van der Waals surface area contributed by atoms with E-state index in [9.17, 15) is 4.39 Å². The quantitative estimate of drug-likeness (QED) is 0.457. The zero-order chi connectivity index (χ0) is 24.8. The lowest BCUT2D eigenvalue weighted by molar-refractivity contribution is 0.357. The number of nitrogens with one attached hydrogen (secondary N) is 1. The van der Waals surface area contributed by atoms with Gasteiger partial charge in [0.25, 0.3) is 0 Å². The van der Waals surface area contributed by atoms with Crippen molar-refractivity contribution < 1.29 is 4.39 Å². The van der Waals surface area contributed by atoms with Crippen LogP contribution >= 0.6 is 23.8 Å². The van der Waals surface area contributed by atoms with Gasteiger partial charge < -0.3 is 30.7 Å². The minimum Gasteiger partial charge on any atom is -0.376 e. The van der Waals surface area contributed by atoms with E-state index in [-0.39, 0.29) is 10.1 Å². The van der Waals surface area contributed by atoms with Gasteiger partial charge in [-0.15, -0.1) is 0 Å². The van der Waals surface area contributed by atoms with Crippen molar-refractivity contribution in [1.29, 1.82) is 0 Å². The molecule has 3 N–H and O–H groups in total. The van der Waals surface area contributed by atoms with Crippen LogP contribution in [0.5, 0.6) is 0 Å². The highest BCUT2D eigenvalue weighted by Crippen LogP contribution is 2.25. The van der Waals surface area contributed by atoms with E-state index in [1.165, 1.54) is 37.8 Å². The Morgan fingerprint density at radius 1 is 1.06 bits per heavy atom. The maximum Gasteiger partial charge on any atom is 0.229 e. The van der Waals surface area contributed by atoms with Crippen LogP contribution in [0.1, 0.15) is 25.7 Å². The normalized spacial score (nSPS) is 15.8. The third kappa shape index (κ3) is 6.83. The Kier molecular flexibility index (Phi) is 8.80. The molecule has 1 aromatic carbocycles. The molecule has 3 heterocycles. The first-order valence-electron chi connectivity index (χ1n) is 12.2. The molecule has 4 rings (SSSR count). The first-order valence-corrected chi connectivity index (χ1v) is 13.0. The number of halogens is 2. The van der Waals surface area contributed by atoms with Crippen molar-refractivity contribution in [3.05, 3.63) is 35.1 Å². The van der Waals surface area contributed by atoms with Gasteiger partial charge in [-0.3, -0.25) is 0 Å². The summed E-state index contributed by atoms with van der Waals surface area (Å²) in [5.74, 6) is 2.20. The summed E-state index contributed by atoms with van der Waals surface area (Å²) in [5.41, 5.74) is 6.49. The zero-order valence-corrected chi connectivity index (χ0v) is 21.8. The smallest absolute Gasteiger partial charge is 0.229 e. The van der Waals surface area contributed by atoms with Gasteiger partial charge in [-0.1, -0.05) is 11.6 Å². The minimum absolute atomic E-state index is 0.0744. The van der Waals surface area contributed by atoms with Crippen LogP contribution in [-0.2, 0) is 0 Å². The zero-order valence-electron chi connectivity index (χ0n) is 20.2. The fraction of sp³-hybridized carbons (Fsp3) is 0.542. The second-order valence-electron chi connectivity index (χ2n) is 9.12. The van der Waals surface area contributed by atoms with Crippen LogP contribution in [0, 0.1) is 5.82 Å². The Morgan fingerprint density at radius 3 is 2.40 bits per heavy atom. The fourth-order valence-corrected chi connectivity index (χ4v) is 4.77. The van der Waals surface area contributed by atoms with E-state index in [4.69, 9.17) is 39.5 Å². The average molecular weight is 521 g/mol. The van der Waals surface area contributed by atoms with Crippen molar-refractivity contribution in [1.82, 2.24) is 14.9 Å². The van der Waals surface area contributed by atoms with Crippen molar-refractivity contribution in [2.24, 2.45) is 5.73 Å². The molecule has 1 aromatic heterocycles. The van der Waals surface area contributed by atoms with Gasteiger partial charge >= 0.3 is 0 Å². The number of nitrogens with zero attached hydrogens (tertiary/aromatic N) is 6. The third-order valence-corrected chi connectivity index (χ3v) is 7.03. The molecule has 0 amide bonds. The number of rotatable bonds is 10. The molecule has 190 valence electrons. The van der Waals surface area contributed by atoms with E-state index in [2.05, 4.69) is 26.1 Å². The molecule has 0 spiro atoms. The Balaban J connectivity index is 1.32. The molecule has 2 aromatic rings. The highest BCUT2D eigenvalue weighted by Gasteiger charge is 2.20. The van der Waals surface area contributed by atoms with E-state index < -0.39 is 5.82 Å². The number of hydrogen-bond acceptors (Lipinski definition) is 7. The molecule has 0 bridgehead atoms. The Morgan fingerprint density at radius 2 is 1.74 bits per heavy atom. The molecular formula is C24H34ClFN8S. The molecule has 0 aliphatic carbocycles. The van der Waals surface area contributed by atoms with Crippen LogP contribution in [0.15, 0.2) is 24.3 Å². The monoisotopic (exact) mass is 520 g/mol. The Hall–Kier alpha value is -2.43. The number of thiocarbonyl (C=S) groups is 1. The first-order chi connectivity index (χ1) is 16.9. The maximum atomic E-state index is 13.9. The molecule has 11 heteroatoms. The predicted octanol–water partition coefficient (Wildman–Crippen LogP) is 3.56. The first kappa shape index (κ1) is 25.7. The maximum absolute atomic E-state index is 13.9. The van der Waals surface area contributed by atoms with E-state index in [1.807, 2.05) is 7.05 Å². The molecular weight excluding hydrogens is 487 g/mol. The van der Waals surface area contributed by atoms with Crippen LogP contribution in [0.2, 0.25) is 5.02 Å². The number of benzene rings is 1. The average Bonchev–Trinajstić information content (AvgIpc) is 3.56. The minimum atomic E-state index is -0.491. The van der Waals surface area contributed by atoms with Crippen LogP contribution in [0.4, 0.5) is 27.7 Å². The standard InChI is InChI=1S/C24H34ClFN8S/c1-31(14-15-34(23(27)35)18-6-7-19(25)20(26)16-18)13-8-28-21-17-22(32-9-2-3-10-32)30-24(29-21)33-11-4-5-12-33/h6-7,16-17H,2-5,8-15H2,1H3,(H2,27,35)(H,28,29,30). The molecule has 0 atom stereocenters. The van der Waals surface area contributed by atoms with E-state index >= 15 is 0 Å². The van der Waals surface area contributed by atoms with Crippen LogP contribution in [0.25, 0.3) is 0 Å². The summed E-state index contributed by atoms with van der Waals surface area (Å²) in [5, 5.41) is 3.76. The van der Waals surface area contributed by atoms with Crippen molar-refractivity contribution in [3.63, 3.8) is 0 Å².